The molecule has 0 saturated heterocycles. The minimum atomic E-state index is 0.118. The van der Waals surface area contributed by atoms with Gasteiger partial charge >= 0.3 is 0 Å². The quantitative estimate of drug-likeness (QED) is 0.751. The summed E-state index contributed by atoms with van der Waals surface area (Å²) in [5, 5.41) is 0. The van der Waals surface area contributed by atoms with E-state index in [-0.39, 0.29) is 6.04 Å². The van der Waals surface area contributed by atoms with E-state index < -0.39 is 0 Å². The Balaban J connectivity index is 2.95. The van der Waals surface area contributed by atoms with Gasteiger partial charge in [-0.05, 0) is 31.4 Å². The van der Waals surface area contributed by atoms with Gasteiger partial charge in [0.25, 0.3) is 0 Å². The summed E-state index contributed by atoms with van der Waals surface area (Å²) in [5.74, 6) is 0.321. The van der Waals surface area contributed by atoms with Crippen molar-refractivity contribution >= 4 is 0 Å². The second kappa shape index (κ2) is 7.67. The largest absolute Gasteiger partial charge is 0.327 e. The summed E-state index contributed by atoms with van der Waals surface area (Å²) in [7, 11) is 0. The van der Waals surface area contributed by atoms with Crippen LogP contribution in [-0.2, 0) is 6.42 Å². The number of benzene rings is 1. The predicted molar refractivity (Wildman–Crippen MR) is 80.4 cm³/mol. The highest BCUT2D eigenvalue weighted by Gasteiger charge is 2.17. The van der Waals surface area contributed by atoms with Gasteiger partial charge in [0, 0.05) is 12.0 Å². The summed E-state index contributed by atoms with van der Waals surface area (Å²) < 4.78 is 0. The maximum Gasteiger partial charge on any atom is 0.00825 e. The highest BCUT2D eigenvalue weighted by Crippen LogP contribution is 2.21. The molecule has 1 aromatic rings. The Hall–Kier alpha value is -1.60. The first kappa shape index (κ1) is 14.5. The molecule has 0 aliphatic carbocycles. The fourth-order valence-corrected chi connectivity index (χ4v) is 2.11. The molecular formula is C17H23N. The van der Waals surface area contributed by atoms with Crippen LogP contribution in [0, 0.1) is 5.92 Å². The van der Waals surface area contributed by atoms with E-state index in [4.69, 9.17) is 5.73 Å². The third-order valence-corrected chi connectivity index (χ3v) is 3.03. The van der Waals surface area contributed by atoms with Gasteiger partial charge in [-0.25, -0.2) is 0 Å². The van der Waals surface area contributed by atoms with Crippen LogP contribution in [-0.4, -0.2) is 6.04 Å². The van der Waals surface area contributed by atoms with E-state index in [1.807, 2.05) is 19.1 Å². The molecule has 0 fully saturated rings. The van der Waals surface area contributed by atoms with Gasteiger partial charge in [-0.15, -0.1) is 0 Å². The number of allylic oxidation sites excluding steroid dienone is 4. The maximum absolute atomic E-state index is 6.14. The zero-order chi connectivity index (χ0) is 13.4. The van der Waals surface area contributed by atoms with Crippen molar-refractivity contribution in [3.63, 3.8) is 0 Å². The lowest BCUT2D eigenvalue weighted by Crippen LogP contribution is -2.29. The SMILES string of the molecule is C=C/C=C(\C=C/C)C(Cc1ccccc1)C(C)N. The standard InChI is InChI=1S/C17H23N/c1-4-9-16(10-5-2)17(14(3)18)13-15-11-7-6-8-12-15/h4-12,14,17H,1,13,18H2,2-3H3/b10-5-,16-9+. The number of rotatable bonds is 6. The van der Waals surface area contributed by atoms with E-state index in [1.54, 1.807) is 0 Å². The molecule has 0 aliphatic rings. The molecule has 2 unspecified atom stereocenters. The van der Waals surface area contributed by atoms with Crippen molar-refractivity contribution in [1.82, 2.24) is 0 Å². The normalized spacial score (nSPS) is 15.6. The molecular weight excluding hydrogens is 218 g/mol. The van der Waals surface area contributed by atoms with Crippen LogP contribution < -0.4 is 5.73 Å². The van der Waals surface area contributed by atoms with Gasteiger partial charge in [0.1, 0.15) is 0 Å². The first-order chi connectivity index (χ1) is 8.69. The molecule has 0 spiro atoms. The fourth-order valence-electron chi connectivity index (χ4n) is 2.11. The third-order valence-electron chi connectivity index (χ3n) is 3.03. The average molecular weight is 241 g/mol. The van der Waals surface area contributed by atoms with E-state index in [9.17, 15) is 0 Å². The molecule has 0 bridgehead atoms. The molecule has 1 aromatic carbocycles. The smallest absolute Gasteiger partial charge is 0.00825 e. The lowest BCUT2D eigenvalue weighted by atomic mass is 9.86. The zero-order valence-corrected chi connectivity index (χ0v) is 11.3. The van der Waals surface area contributed by atoms with Gasteiger partial charge in [0.2, 0.25) is 0 Å². The van der Waals surface area contributed by atoms with Crippen LogP contribution in [0.25, 0.3) is 0 Å². The van der Waals surface area contributed by atoms with Gasteiger partial charge in [-0.2, -0.15) is 0 Å². The molecule has 2 atom stereocenters. The van der Waals surface area contributed by atoms with Crippen molar-refractivity contribution in [1.29, 1.82) is 0 Å². The molecule has 0 aromatic heterocycles. The molecule has 0 saturated carbocycles. The second-order valence-electron chi connectivity index (χ2n) is 4.56. The zero-order valence-electron chi connectivity index (χ0n) is 11.3. The molecule has 18 heavy (non-hydrogen) atoms. The third kappa shape index (κ3) is 4.34. The molecule has 0 amide bonds. The lowest BCUT2D eigenvalue weighted by molar-refractivity contribution is 0.515. The number of hydrogen-bond acceptors (Lipinski definition) is 1. The Morgan fingerprint density at radius 3 is 2.50 bits per heavy atom. The summed E-state index contributed by atoms with van der Waals surface area (Å²) in [5.41, 5.74) is 8.70. The van der Waals surface area contributed by atoms with E-state index in [0.29, 0.717) is 5.92 Å². The van der Waals surface area contributed by atoms with Gasteiger partial charge in [0.15, 0.2) is 0 Å². The van der Waals surface area contributed by atoms with Crippen molar-refractivity contribution in [2.75, 3.05) is 0 Å². The number of nitrogens with two attached hydrogens (primary N) is 1. The molecule has 0 aliphatic heterocycles. The lowest BCUT2D eigenvalue weighted by Gasteiger charge is -2.22. The van der Waals surface area contributed by atoms with Gasteiger partial charge in [-0.1, -0.05) is 61.2 Å². The summed E-state index contributed by atoms with van der Waals surface area (Å²) >= 11 is 0. The molecule has 96 valence electrons. The van der Waals surface area contributed by atoms with E-state index >= 15 is 0 Å². The maximum atomic E-state index is 6.14. The van der Waals surface area contributed by atoms with Crippen LogP contribution in [0.3, 0.4) is 0 Å². The molecule has 0 radical (unpaired) electrons. The highest BCUT2D eigenvalue weighted by atomic mass is 14.6. The van der Waals surface area contributed by atoms with E-state index in [0.717, 1.165) is 6.42 Å². The minimum absolute atomic E-state index is 0.118. The van der Waals surface area contributed by atoms with Crippen molar-refractivity contribution < 1.29 is 0 Å². The Kier molecular flexibility index (Phi) is 6.16. The van der Waals surface area contributed by atoms with Crippen molar-refractivity contribution in [2.45, 2.75) is 26.3 Å². The number of hydrogen-bond donors (Lipinski definition) is 1. The van der Waals surface area contributed by atoms with Crippen molar-refractivity contribution in [2.24, 2.45) is 11.7 Å². The Bertz CT molecular complexity index is 412. The van der Waals surface area contributed by atoms with Gasteiger partial charge in [-0.3, -0.25) is 0 Å². The molecule has 1 heteroatoms. The van der Waals surface area contributed by atoms with E-state index in [2.05, 4.69) is 56.0 Å². The fraction of sp³-hybridized carbons (Fsp3) is 0.294. The van der Waals surface area contributed by atoms with Crippen LogP contribution >= 0.6 is 0 Å². The summed E-state index contributed by atoms with van der Waals surface area (Å²) in [6, 6.07) is 10.6. The molecule has 2 N–H and O–H groups in total. The van der Waals surface area contributed by atoms with Crippen molar-refractivity contribution in [3.8, 4) is 0 Å². The predicted octanol–water partition coefficient (Wildman–Crippen LogP) is 3.88. The minimum Gasteiger partial charge on any atom is -0.327 e. The van der Waals surface area contributed by atoms with Crippen LogP contribution in [0.15, 0.2) is 66.8 Å². The monoisotopic (exact) mass is 241 g/mol. The Morgan fingerprint density at radius 2 is 2.00 bits per heavy atom. The van der Waals surface area contributed by atoms with Crippen LogP contribution in [0.2, 0.25) is 0 Å². The van der Waals surface area contributed by atoms with Crippen LogP contribution in [0.5, 0.6) is 0 Å². The van der Waals surface area contributed by atoms with E-state index in [1.165, 1.54) is 11.1 Å². The Morgan fingerprint density at radius 1 is 1.33 bits per heavy atom. The first-order valence-electron chi connectivity index (χ1n) is 6.43. The summed E-state index contributed by atoms with van der Waals surface area (Å²) in [6.07, 6.45) is 9.02. The topological polar surface area (TPSA) is 26.0 Å². The average Bonchev–Trinajstić information content (AvgIpc) is 2.37. The van der Waals surface area contributed by atoms with Gasteiger partial charge < -0.3 is 5.73 Å². The van der Waals surface area contributed by atoms with Crippen molar-refractivity contribution in [3.05, 3.63) is 72.4 Å². The first-order valence-corrected chi connectivity index (χ1v) is 6.43. The molecule has 0 heterocycles. The van der Waals surface area contributed by atoms with Crippen LogP contribution in [0.4, 0.5) is 0 Å². The Labute approximate surface area is 111 Å². The highest BCUT2D eigenvalue weighted by molar-refractivity contribution is 5.29. The second-order valence-corrected chi connectivity index (χ2v) is 4.56. The van der Waals surface area contributed by atoms with Gasteiger partial charge in [0.05, 0.1) is 0 Å². The van der Waals surface area contributed by atoms with Crippen LogP contribution in [0.1, 0.15) is 19.4 Å². The summed E-state index contributed by atoms with van der Waals surface area (Å²) in [6.45, 7) is 7.87. The molecule has 1 nitrogen and oxygen atoms in total. The molecule has 1 rings (SSSR count). The summed E-state index contributed by atoms with van der Waals surface area (Å²) in [4.78, 5) is 0.